The van der Waals surface area contributed by atoms with Gasteiger partial charge in [0.05, 0.1) is 11.3 Å². The lowest BCUT2D eigenvalue weighted by Gasteiger charge is -2.22. The highest BCUT2D eigenvalue weighted by Crippen LogP contribution is 2.13. The molecule has 0 radical (unpaired) electrons. The highest BCUT2D eigenvalue weighted by atomic mass is 32.2. The Morgan fingerprint density at radius 1 is 1.47 bits per heavy atom. The van der Waals surface area contributed by atoms with Crippen LogP contribution in [0.25, 0.3) is 0 Å². The molecule has 6 heteroatoms. The molecule has 0 saturated carbocycles. The normalized spacial score (nSPS) is 12.9. The molecule has 0 fully saturated rings. The molecule has 0 unspecified atom stereocenters. The number of hydrogen-bond donors (Lipinski definition) is 1. The molecule has 0 atom stereocenters. The van der Waals surface area contributed by atoms with Gasteiger partial charge in [0.15, 0.2) is 9.84 Å². The largest absolute Gasteiger partial charge is 0.334 e. The van der Waals surface area contributed by atoms with Gasteiger partial charge >= 0.3 is 0 Å². The van der Waals surface area contributed by atoms with Crippen LogP contribution < -0.4 is 5.32 Å². The monoisotopic (exact) mass is 259 g/mol. The first-order valence-electron chi connectivity index (χ1n) is 5.68. The van der Waals surface area contributed by atoms with E-state index in [1.807, 2.05) is 17.7 Å². The Morgan fingerprint density at radius 2 is 2.12 bits per heavy atom. The molecule has 17 heavy (non-hydrogen) atoms. The van der Waals surface area contributed by atoms with Crippen LogP contribution >= 0.6 is 0 Å². The first-order valence-corrected chi connectivity index (χ1v) is 7.57. The SMILES string of the molecule is CCn1ccnc1CNCC(C)(C)S(C)(=O)=O. The van der Waals surface area contributed by atoms with Crippen molar-refractivity contribution in [2.24, 2.45) is 0 Å². The molecule has 0 aromatic carbocycles. The van der Waals surface area contributed by atoms with Crippen molar-refractivity contribution < 1.29 is 8.42 Å². The number of nitrogens with zero attached hydrogens (tertiary/aromatic N) is 2. The molecular formula is C11H21N3O2S. The Morgan fingerprint density at radius 3 is 2.65 bits per heavy atom. The second-order valence-corrected chi connectivity index (χ2v) is 7.41. The van der Waals surface area contributed by atoms with Crippen molar-refractivity contribution >= 4 is 9.84 Å². The van der Waals surface area contributed by atoms with Gasteiger partial charge < -0.3 is 9.88 Å². The van der Waals surface area contributed by atoms with Crippen molar-refractivity contribution in [3.05, 3.63) is 18.2 Å². The molecule has 1 heterocycles. The van der Waals surface area contributed by atoms with E-state index >= 15 is 0 Å². The van der Waals surface area contributed by atoms with Gasteiger partial charge in [0.2, 0.25) is 0 Å². The molecule has 1 aromatic heterocycles. The van der Waals surface area contributed by atoms with E-state index in [4.69, 9.17) is 0 Å². The summed E-state index contributed by atoms with van der Waals surface area (Å²) in [6.07, 6.45) is 4.93. The van der Waals surface area contributed by atoms with Crippen molar-refractivity contribution in [3.8, 4) is 0 Å². The quantitative estimate of drug-likeness (QED) is 0.821. The molecule has 1 N–H and O–H groups in total. The lowest BCUT2D eigenvalue weighted by atomic mass is 10.2. The van der Waals surface area contributed by atoms with E-state index in [0.29, 0.717) is 13.1 Å². The smallest absolute Gasteiger partial charge is 0.153 e. The molecule has 0 aliphatic heterocycles. The van der Waals surface area contributed by atoms with E-state index in [-0.39, 0.29) is 0 Å². The third-order valence-corrected chi connectivity index (χ3v) is 5.13. The lowest BCUT2D eigenvalue weighted by Crippen LogP contribution is -2.41. The van der Waals surface area contributed by atoms with E-state index in [0.717, 1.165) is 12.4 Å². The van der Waals surface area contributed by atoms with Crippen LogP contribution in [-0.2, 0) is 22.9 Å². The predicted octanol–water partition coefficient (Wildman–Crippen LogP) is 0.816. The van der Waals surface area contributed by atoms with Gasteiger partial charge in [-0.15, -0.1) is 0 Å². The third-order valence-electron chi connectivity index (χ3n) is 2.98. The van der Waals surface area contributed by atoms with Crippen molar-refractivity contribution in [1.82, 2.24) is 14.9 Å². The topological polar surface area (TPSA) is 64.0 Å². The fourth-order valence-corrected chi connectivity index (χ4v) is 1.77. The van der Waals surface area contributed by atoms with Gasteiger partial charge in [0.25, 0.3) is 0 Å². The maximum atomic E-state index is 11.5. The van der Waals surface area contributed by atoms with Gasteiger partial charge in [-0.1, -0.05) is 0 Å². The second-order valence-electron chi connectivity index (χ2n) is 4.76. The Kier molecular flexibility index (Phi) is 4.32. The van der Waals surface area contributed by atoms with Crippen LogP contribution in [-0.4, -0.2) is 35.5 Å². The van der Waals surface area contributed by atoms with Gasteiger partial charge in [0, 0.05) is 31.7 Å². The maximum absolute atomic E-state index is 11.5. The lowest BCUT2D eigenvalue weighted by molar-refractivity contribution is 0.511. The summed E-state index contributed by atoms with van der Waals surface area (Å²) < 4.78 is 24.3. The number of aryl methyl sites for hydroxylation is 1. The fraction of sp³-hybridized carbons (Fsp3) is 0.727. The summed E-state index contributed by atoms with van der Waals surface area (Å²) in [5.74, 6) is 0.928. The van der Waals surface area contributed by atoms with Crippen molar-refractivity contribution in [2.75, 3.05) is 12.8 Å². The number of aromatic nitrogens is 2. The molecule has 98 valence electrons. The Balaban J connectivity index is 2.54. The van der Waals surface area contributed by atoms with E-state index in [2.05, 4.69) is 10.3 Å². The van der Waals surface area contributed by atoms with Crippen LogP contribution in [0.1, 0.15) is 26.6 Å². The first kappa shape index (κ1) is 14.2. The predicted molar refractivity (Wildman–Crippen MR) is 68.5 cm³/mol. The van der Waals surface area contributed by atoms with Crippen molar-refractivity contribution in [3.63, 3.8) is 0 Å². The van der Waals surface area contributed by atoms with Gasteiger partial charge in [0.1, 0.15) is 5.82 Å². The average Bonchev–Trinajstić information content (AvgIpc) is 2.63. The summed E-state index contributed by atoms with van der Waals surface area (Å²) in [5.41, 5.74) is 0. The van der Waals surface area contributed by atoms with E-state index < -0.39 is 14.6 Å². The summed E-state index contributed by atoms with van der Waals surface area (Å²) >= 11 is 0. The molecule has 1 rings (SSSR count). The standard InChI is InChI=1S/C11H21N3O2S/c1-5-14-7-6-13-10(14)8-12-9-11(2,3)17(4,15)16/h6-7,12H,5,8-9H2,1-4H3. The Hall–Kier alpha value is -0.880. The van der Waals surface area contributed by atoms with E-state index in [9.17, 15) is 8.42 Å². The molecule has 0 bridgehead atoms. The summed E-state index contributed by atoms with van der Waals surface area (Å²) in [6.45, 7) is 7.36. The highest BCUT2D eigenvalue weighted by molar-refractivity contribution is 7.92. The minimum Gasteiger partial charge on any atom is -0.334 e. The van der Waals surface area contributed by atoms with Crippen LogP contribution in [0, 0.1) is 0 Å². The molecule has 1 aromatic rings. The molecular weight excluding hydrogens is 238 g/mol. The first-order chi connectivity index (χ1) is 7.78. The maximum Gasteiger partial charge on any atom is 0.153 e. The third kappa shape index (κ3) is 3.54. The zero-order valence-electron chi connectivity index (χ0n) is 10.9. The van der Waals surface area contributed by atoms with Crippen LogP contribution in [0.4, 0.5) is 0 Å². The number of hydrogen-bond acceptors (Lipinski definition) is 4. The summed E-state index contributed by atoms with van der Waals surface area (Å²) in [6, 6.07) is 0. The van der Waals surface area contributed by atoms with Gasteiger partial charge in [-0.05, 0) is 20.8 Å². The Labute approximate surface area is 103 Å². The average molecular weight is 259 g/mol. The fourth-order valence-electron chi connectivity index (χ4n) is 1.40. The second kappa shape index (κ2) is 5.18. The highest BCUT2D eigenvalue weighted by Gasteiger charge is 2.29. The summed E-state index contributed by atoms with van der Waals surface area (Å²) in [5, 5.41) is 3.15. The zero-order chi connectivity index (χ0) is 13.1. The Bertz CT molecular complexity index is 463. The van der Waals surface area contributed by atoms with E-state index in [1.165, 1.54) is 6.26 Å². The van der Waals surface area contributed by atoms with Crippen LogP contribution in [0.2, 0.25) is 0 Å². The summed E-state index contributed by atoms with van der Waals surface area (Å²) in [7, 11) is -3.05. The number of nitrogens with one attached hydrogen (secondary N) is 1. The molecule has 5 nitrogen and oxygen atoms in total. The summed E-state index contributed by atoms with van der Waals surface area (Å²) in [4.78, 5) is 4.22. The number of sulfone groups is 1. The van der Waals surface area contributed by atoms with Gasteiger partial charge in [-0.2, -0.15) is 0 Å². The molecule has 0 amide bonds. The van der Waals surface area contributed by atoms with Gasteiger partial charge in [-0.3, -0.25) is 0 Å². The molecule has 0 aliphatic carbocycles. The van der Waals surface area contributed by atoms with Crippen LogP contribution in [0.5, 0.6) is 0 Å². The molecule has 0 aliphatic rings. The van der Waals surface area contributed by atoms with Gasteiger partial charge in [-0.25, -0.2) is 13.4 Å². The van der Waals surface area contributed by atoms with Crippen LogP contribution in [0.15, 0.2) is 12.4 Å². The minimum atomic E-state index is -3.05. The molecule has 0 saturated heterocycles. The van der Waals surface area contributed by atoms with Crippen molar-refractivity contribution in [2.45, 2.75) is 38.6 Å². The zero-order valence-corrected chi connectivity index (χ0v) is 11.7. The minimum absolute atomic E-state index is 0.419. The molecule has 0 spiro atoms. The van der Waals surface area contributed by atoms with Crippen molar-refractivity contribution in [1.29, 1.82) is 0 Å². The number of rotatable bonds is 6. The van der Waals surface area contributed by atoms with Crippen LogP contribution in [0.3, 0.4) is 0 Å². The van der Waals surface area contributed by atoms with E-state index in [1.54, 1.807) is 20.0 Å². The number of imidazole rings is 1.